The minimum absolute atomic E-state index is 0.172. The van der Waals surface area contributed by atoms with Crippen molar-refractivity contribution in [3.63, 3.8) is 0 Å². The first kappa shape index (κ1) is 13.2. The zero-order valence-corrected chi connectivity index (χ0v) is 11.3. The Morgan fingerprint density at radius 2 is 2.05 bits per heavy atom. The van der Waals surface area contributed by atoms with Crippen LogP contribution in [0.1, 0.15) is 0 Å². The number of benzene rings is 1. The van der Waals surface area contributed by atoms with Crippen LogP contribution in [0, 0.1) is 0 Å². The van der Waals surface area contributed by atoms with E-state index in [1.54, 1.807) is 11.0 Å². The number of anilines is 1. The summed E-state index contributed by atoms with van der Waals surface area (Å²) >= 11 is 1.43. The van der Waals surface area contributed by atoms with Gasteiger partial charge in [0.2, 0.25) is 0 Å². The van der Waals surface area contributed by atoms with E-state index in [1.807, 2.05) is 35.7 Å². The van der Waals surface area contributed by atoms with Crippen molar-refractivity contribution in [2.75, 3.05) is 11.4 Å². The molecule has 0 N–H and O–H groups in total. The van der Waals surface area contributed by atoms with Gasteiger partial charge in [0, 0.05) is 17.5 Å². The Morgan fingerprint density at radius 1 is 1.32 bits per heavy atom. The Hall–Kier alpha value is -2.20. The van der Waals surface area contributed by atoms with Gasteiger partial charge in [-0.3, -0.25) is 9.69 Å². The second-order valence-electron chi connectivity index (χ2n) is 3.82. The van der Waals surface area contributed by atoms with Crippen LogP contribution in [0.25, 0.3) is 11.3 Å². The maximum atomic E-state index is 11.8. The molecule has 2 aromatic rings. The van der Waals surface area contributed by atoms with E-state index in [1.165, 1.54) is 17.4 Å². The minimum Gasteiger partial charge on any atom is -0.281 e. The lowest BCUT2D eigenvalue weighted by atomic mass is 10.2. The fourth-order valence-electron chi connectivity index (χ4n) is 1.63. The molecule has 0 aliphatic rings. The van der Waals surface area contributed by atoms with Crippen LogP contribution in [0.5, 0.6) is 0 Å². The van der Waals surface area contributed by atoms with Crippen LogP contribution in [0.15, 0.2) is 61.0 Å². The fraction of sp³-hybridized carbons (Fsp3) is 0.0667. The molecule has 3 nitrogen and oxygen atoms in total. The van der Waals surface area contributed by atoms with E-state index in [4.69, 9.17) is 0 Å². The van der Waals surface area contributed by atoms with Gasteiger partial charge in [0.15, 0.2) is 5.13 Å². The third kappa shape index (κ3) is 2.98. The van der Waals surface area contributed by atoms with Gasteiger partial charge in [0.05, 0.1) is 5.69 Å². The highest BCUT2D eigenvalue weighted by molar-refractivity contribution is 7.14. The van der Waals surface area contributed by atoms with Crippen LogP contribution in [0.4, 0.5) is 5.13 Å². The SMILES string of the molecule is C=CCN(C(=O)C=C)c1nc(-c2ccccc2)cs1. The quantitative estimate of drug-likeness (QED) is 0.615. The Bertz CT molecular complexity index is 589. The van der Waals surface area contributed by atoms with Crippen LogP contribution in [-0.4, -0.2) is 17.4 Å². The summed E-state index contributed by atoms with van der Waals surface area (Å²) in [4.78, 5) is 17.8. The molecule has 1 aromatic carbocycles. The predicted molar refractivity (Wildman–Crippen MR) is 80.3 cm³/mol. The highest BCUT2D eigenvalue weighted by Gasteiger charge is 2.15. The smallest absolute Gasteiger partial charge is 0.252 e. The standard InChI is InChI=1S/C15H14N2OS/c1-3-10-17(14(18)4-2)15-16-13(11-19-15)12-8-6-5-7-9-12/h3-9,11H,1-2,10H2. The molecule has 1 heterocycles. The Kier molecular flexibility index (Phi) is 4.26. The van der Waals surface area contributed by atoms with Crippen molar-refractivity contribution in [2.24, 2.45) is 0 Å². The molecule has 0 atom stereocenters. The molecule has 0 bridgehead atoms. The summed E-state index contributed by atoms with van der Waals surface area (Å²) in [6, 6.07) is 9.87. The predicted octanol–water partition coefficient (Wildman–Crippen LogP) is 3.52. The number of hydrogen-bond donors (Lipinski definition) is 0. The number of thiazole rings is 1. The lowest BCUT2D eigenvalue weighted by molar-refractivity contribution is -0.114. The summed E-state index contributed by atoms with van der Waals surface area (Å²) in [5, 5.41) is 2.60. The zero-order valence-electron chi connectivity index (χ0n) is 10.5. The Morgan fingerprint density at radius 3 is 2.68 bits per heavy atom. The van der Waals surface area contributed by atoms with Crippen molar-refractivity contribution >= 4 is 22.4 Å². The van der Waals surface area contributed by atoms with Gasteiger partial charge in [-0.25, -0.2) is 4.98 Å². The van der Waals surface area contributed by atoms with Gasteiger partial charge >= 0.3 is 0 Å². The topological polar surface area (TPSA) is 33.2 Å². The second-order valence-corrected chi connectivity index (χ2v) is 4.66. The molecule has 0 aliphatic heterocycles. The molecule has 0 spiro atoms. The van der Waals surface area contributed by atoms with Crippen LogP contribution in [0.3, 0.4) is 0 Å². The van der Waals surface area contributed by atoms with E-state index in [9.17, 15) is 4.79 Å². The first-order valence-corrected chi connectivity index (χ1v) is 6.70. The van der Waals surface area contributed by atoms with Crippen molar-refractivity contribution in [3.05, 3.63) is 61.0 Å². The molecular formula is C15H14N2OS. The molecule has 1 aromatic heterocycles. The molecule has 0 fully saturated rings. The average molecular weight is 270 g/mol. The molecule has 0 unspecified atom stereocenters. The van der Waals surface area contributed by atoms with Crippen molar-refractivity contribution in [3.8, 4) is 11.3 Å². The number of aromatic nitrogens is 1. The van der Waals surface area contributed by atoms with Gasteiger partial charge < -0.3 is 0 Å². The van der Waals surface area contributed by atoms with Gasteiger partial charge in [-0.05, 0) is 6.08 Å². The van der Waals surface area contributed by atoms with E-state index in [2.05, 4.69) is 18.1 Å². The normalized spacial score (nSPS) is 9.89. The first-order chi connectivity index (χ1) is 9.26. The highest BCUT2D eigenvalue weighted by Crippen LogP contribution is 2.27. The Balaban J connectivity index is 2.31. The molecule has 1 amide bonds. The molecule has 96 valence electrons. The van der Waals surface area contributed by atoms with Crippen molar-refractivity contribution in [1.29, 1.82) is 0 Å². The summed E-state index contributed by atoms with van der Waals surface area (Å²) in [6.45, 7) is 7.59. The Labute approximate surface area is 116 Å². The number of rotatable bonds is 5. The molecule has 0 saturated heterocycles. The molecular weight excluding hydrogens is 256 g/mol. The third-order valence-electron chi connectivity index (χ3n) is 2.54. The molecule has 19 heavy (non-hydrogen) atoms. The van der Waals surface area contributed by atoms with Crippen molar-refractivity contribution in [2.45, 2.75) is 0 Å². The lowest BCUT2D eigenvalue weighted by Crippen LogP contribution is -2.28. The van der Waals surface area contributed by atoms with Gasteiger partial charge in [-0.1, -0.05) is 43.0 Å². The van der Waals surface area contributed by atoms with Crippen LogP contribution >= 0.6 is 11.3 Å². The van der Waals surface area contributed by atoms with E-state index in [0.717, 1.165) is 11.3 Å². The zero-order chi connectivity index (χ0) is 13.7. The molecule has 4 heteroatoms. The van der Waals surface area contributed by atoms with E-state index < -0.39 is 0 Å². The number of carbonyl (C=O) groups is 1. The minimum atomic E-state index is -0.172. The molecule has 0 aliphatic carbocycles. The van der Waals surface area contributed by atoms with Gasteiger partial charge in [-0.15, -0.1) is 17.9 Å². The maximum Gasteiger partial charge on any atom is 0.252 e. The highest BCUT2D eigenvalue weighted by atomic mass is 32.1. The van der Waals surface area contributed by atoms with E-state index >= 15 is 0 Å². The maximum absolute atomic E-state index is 11.8. The summed E-state index contributed by atoms with van der Waals surface area (Å²) in [5.74, 6) is -0.172. The van der Waals surface area contributed by atoms with E-state index in [-0.39, 0.29) is 5.91 Å². The van der Waals surface area contributed by atoms with Gasteiger partial charge in [0.25, 0.3) is 5.91 Å². The van der Waals surface area contributed by atoms with Crippen molar-refractivity contribution in [1.82, 2.24) is 4.98 Å². The summed E-state index contributed by atoms with van der Waals surface area (Å²) in [5.41, 5.74) is 1.90. The second kappa shape index (κ2) is 6.11. The number of hydrogen-bond acceptors (Lipinski definition) is 3. The van der Waals surface area contributed by atoms with Crippen LogP contribution in [0.2, 0.25) is 0 Å². The molecule has 0 saturated carbocycles. The third-order valence-corrected chi connectivity index (χ3v) is 3.41. The monoisotopic (exact) mass is 270 g/mol. The van der Waals surface area contributed by atoms with Crippen LogP contribution < -0.4 is 4.90 Å². The summed E-state index contributed by atoms with van der Waals surface area (Å²) in [7, 11) is 0. The summed E-state index contributed by atoms with van der Waals surface area (Å²) in [6.07, 6.45) is 2.96. The number of amides is 1. The summed E-state index contributed by atoms with van der Waals surface area (Å²) < 4.78 is 0. The largest absolute Gasteiger partial charge is 0.281 e. The number of carbonyl (C=O) groups excluding carboxylic acids is 1. The van der Waals surface area contributed by atoms with Gasteiger partial charge in [-0.2, -0.15) is 0 Å². The molecule has 0 radical (unpaired) electrons. The van der Waals surface area contributed by atoms with E-state index in [0.29, 0.717) is 11.7 Å². The first-order valence-electron chi connectivity index (χ1n) is 5.82. The average Bonchev–Trinajstić information content (AvgIpc) is 2.94. The fourth-order valence-corrected chi connectivity index (χ4v) is 2.48. The lowest BCUT2D eigenvalue weighted by Gasteiger charge is -2.15. The number of nitrogens with zero attached hydrogens (tertiary/aromatic N) is 2. The molecule has 2 rings (SSSR count). The van der Waals surface area contributed by atoms with Gasteiger partial charge in [0.1, 0.15) is 0 Å². The van der Waals surface area contributed by atoms with Crippen molar-refractivity contribution < 1.29 is 4.79 Å². The van der Waals surface area contributed by atoms with Crippen LogP contribution in [-0.2, 0) is 4.79 Å².